The van der Waals surface area contributed by atoms with Crippen LogP contribution in [-0.2, 0) is 10.0 Å². The number of hydrogen-bond acceptors (Lipinski definition) is 8. The molecule has 4 aromatic rings. The second-order valence-corrected chi connectivity index (χ2v) is 10.3. The van der Waals surface area contributed by atoms with Crippen LogP contribution >= 0.6 is 0 Å². The van der Waals surface area contributed by atoms with E-state index in [1.807, 2.05) is 63.2 Å². The van der Waals surface area contributed by atoms with Crippen LogP contribution in [-0.4, -0.2) is 42.6 Å². The molecule has 2 heterocycles. The number of sulfonamides is 1. The van der Waals surface area contributed by atoms with E-state index in [0.717, 1.165) is 22.3 Å². The van der Waals surface area contributed by atoms with Gasteiger partial charge in [0.05, 0.1) is 12.3 Å². The Kier molecular flexibility index (Phi) is 8.04. The summed E-state index contributed by atoms with van der Waals surface area (Å²) in [5, 5.41) is 11.4. The zero-order valence-electron chi connectivity index (χ0n) is 21.2. The third kappa shape index (κ3) is 6.16. The molecule has 0 fully saturated rings. The molecule has 0 saturated carbocycles. The molecule has 0 radical (unpaired) electrons. The van der Waals surface area contributed by atoms with Gasteiger partial charge in [-0.15, -0.1) is 0 Å². The predicted octanol–water partition coefficient (Wildman–Crippen LogP) is 4.38. The number of carbonyl (C=O) groups excluding carboxylic acids is 1. The van der Waals surface area contributed by atoms with E-state index in [2.05, 4.69) is 20.0 Å². The molecule has 0 unspecified atom stereocenters. The number of anilines is 1. The molecule has 38 heavy (non-hydrogen) atoms. The van der Waals surface area contributed by atoms with Crippen LogP contribution in [0, 0.1) is 20.8 Å². The lowest BCUT2D eigenvalue weighted by atomic mass is 10.1. The first kappa shape index (κ1) is 26.8. The first-order valence-electron chi connectivity index (χ1n) is 11.9. The van der Waals surface area contributed by atoms with Crippen LogP contribution in [0.5, 0.6) is 11.6 Å². The summed E-state index contributed by atoms with van der Waals surface area (Å²) in [6, 6.07) is 20.7. The Morgan fingerprint density at radius 1 is 0.921 bits per heavy atom. The number of aromatic nitrogens is 2. The molecule has 0 aliphatic carbocycles. The number of ether oxygens (including phenoxy) is 1. The Bertz CT molecular complexity index is 1550. The van der Waals surface area contributed by atoms with E-state index in [9.17, 15) is 13.2 Å². The number of carbonyl (C=O) groups is 1. The number of aliphatic hydroxyl groups is 1. The molecule has 9 nitrogen and oxygen atoms in total. The molecule has 0 aliphatic heterocycles. The zero-order valence-corrected chi connectivity index (χ0v) is 22.0. The third-order valence-electron chi connectivity index (χ3n) is 5.62. The Balaban J connectivity index is 1.71. The van der Waals surface area contributed by atoms with Gasteiger partial charge in [-0.1, -0.05) is 54.1 Å². The number of aliphatic hydroxyl groups excluding tert-OH is 1. The average molecular weight is 533 g/mol. The van der Waals surface area contributed by atoms with Gasteiger partial charge in [0.1, 0.15) is 17.1 Å². The maximum Gasteiger partial charge on any atom is 0.281 e. The van der Waals surface area contributed by atoms with Crippen LogP contribution in [0.25, 0.3) is 11.3 Å². The van der Waals surface area contributed by atoms with E-state index in [1.54, 1.807) is 12.1 Å². The highest BCUT2D eigenvalue weighted by atomic mass is 32.2. The Morgan fingerprint density at radius 3 is 2.32 bits per heavy atom. The maximum atomic E-state index is 13.3. The Labute approximate surface area is 221 Å². The van der Waals surface area contributed by atoms with Gasteiger partial charge in [0.25, 0.3) is 15.9 Å². The molecule has 0 atom stereocenters. The van der Waals surface area contributed by atoms with Gasteiger partial charge in [-0.25, -0.2) is 14.7 Å². The summed E-state index contributed by atoms with van der Waals surface area (Å²) in [5.41, 5.74) is 4.08. The summed E-state index contributed by atoms with van der Waals surface area (Å²) in [7, 11) is -4.33. The van der Waals surface area contributed by atoms with Crippen molar-refractivity contribution in [2.24, 2.45) is 0 Å². The van der Waals surface area contributed by atoms with Gasteiger partial charge in [0.15, 0.2) is 5.03 Å². The van der Waals surface area contributed by atoms with E-state index in [1.165, 1.54) is 18.2 Å². The van der Waals surface area contributed by atoms with Gasteiger partial charge in [0.2, 0.25) is 5.88 Å². The fourth-order valence-electron chi connectivity index (χ4n) is 3.96. The van der Waals surface area contributed by atoms with Gasteiger partial charge in [-0.3, -0.25) is 4.79 Å². The van der Waals surface area contributed by atoms with Crippen LogP contribution in [0.15, 0.2) is 77.8 Å². The van der Waals surface area contributed by atoms with E-state index in [0.29, 0.717) is 11.4 Å². The van der Waals surface area contributed by atoms with E-state index >= 15 is 0 Å². The highest BCUT2D eigenvalue weighted by molar-refractivity contribution is 7.90. The molecule has 0 bridgehead atoms. The number of aryl methyl sites for hydroxylation is 3. The molecule has 3 N–H and O–H groups in total. The number of benzene rings is 2. The Morgan fingerprint density at radius 2 is 1.63 bits per heavy atom. The molecular weight excluding hydrogens is 504 g/mol. The SMILES string of the molecule is Cc1cc(C)c(Oc2nc(-c3ccccc3)ccc2C(=O)NS(=O)(=O)c2cccc(NCCO)n2)c(C)c1. The lowest BCUT2D eigenvalue weighted by molar-refractivity contribution is 0.0978. The topological polar surface area (TPSA) is 131 Å². The van der Waals surface area contributed by atoms with Crippen LogP contribution in [0.2, 0.25) is 0 Å². The maximum absolute atomic E-state index is 13.3. The standard InChI is InChI=1S/C28H28N4O5S/c1-18-16-19(2)26(20(3)17-18)37-28-22(12-13-23(30-28)21-8-5-4-6-9-21)27(34)32-38(35,36)25-11-7-10-24(31-25)29-14-15-33/h4-13,16-17,33H,14-15H2,1-3H3,(H,29,31)(H,32,34). The van der Waals surface area contributed by atoms with Crippen molar-refractivity contribution in [3.8, 4) is 22.9 Å². The molecule has 4 rings (SSSR count). The highest BCUT2D eigenvalue weighted by Gasteiger charge is 2.25. The van der Waals surface area contributed by atoms with Crippen molar-refractivity contribution in [2.45, 2.75) is 25.8 Å². The van der Waals surface area contributed by atoms with Crippen molar-refractivity contribution in [3.05, 3.63) is 95.1 Å². The summed E-state index contributed by atoms with van der Waals surface area (Å²) < 4.78 is 34.3. The monoisotopic (exact) mass is 532 g/mol. The highest BCUT2D eigenvalue weighted by Crippen LogP contribution is 2.32. The van der Waals surface area contributed by atoms with Crippen molar-refractivity contribution in [1.82, 2.24) is 14.7 Å². The minimum absolute atomic E-state index is 0.0274. The normalized spacial score (nSPS) is 11.2. The van der Waals surface area contributed by atoms with Crippen molar-refractivity contribution in [3.63, 3.8) is 0 Å². The van der Waals surface area contributed by atoms with E-state index in [-0.39, 0.29) is 35.4 Å². The molecule has 1 amide bonds. The number of nitrogens with zero attached hydrogens (tertiary/aromatic N) is 2. The van der Waals surface area contributed by atoms with Crippen LogP contribution in [0.3, 0.4) is 0 Å². The van der Waals surface area contributed by atoms with Crippen molar-refractivity contribution >= 4 is 21.7 Å². The summed E-state index contributed by atoms with van der Waals surface area (Å²) in [5.74, 6) is -0.155. The minimum Gasteiger partial charge on any atom is -0.438 e. The van der Waals surface area contributed by atoms with Gasteiger partial charge in [0, 0.05) is 12.1 Å². The quantitative estimate of drug-likeness (QED) is 0.289. The van der Waals surface area contributed by atoms with Crippen molar-refractivity contribution in [2.75, 3.05) is 18.5 Å². The first-order chi connectivity index (χ1) is 18.2. The lowest BCUT2D eigenvalue weighted by Crippen LogP contribution is -2.31. The van der Waals surface area contributed by atoms with Crippen LogP contribution in [0.4, 0.5) is 5.82 Å². The number of hydrogen-bond donors (Lipinski definition) is 3. The largest absolute Gasteiger partial charge is 0.438 e. The second-order valence-electron chi connectivity index (χ2n) is 8.69. The summed E-state index contributed by atoms with van der Waals surface area (Å²) in [6.07, 6.45) is 0. The predicted molar refractivity (Wildman–Crippen MR) is 145 cm³/mol. The lowest BCUT2D eigenvalue weighted by Gasteiger charge is -2.16. The molecule has 0 spiro atoms. The van der Waals surface area contributed by atoms with E-state index in [4.69, 9.17) is 9.84 Å². The number of nitrogens with one attached hydrogen (secondary N) is 2. The average Bonchev–Trinajstić information content (AvgIpc) is 2.90. The summed E-state index contributed by atoms with van der Waals surface area (Å²) in [4.78, 5) is 21.9. The molecule has 0 aliphatic rings. The fourth-order valence-corrected chi connectivity index (χ4v) is 4.90. The Hall–Kier alpha value is -4.28. The number of pyridine rings is 2. The fraction of sp³-hybridized carbons (Fsp3) is 0.179. The minimum atomic E-state index is -4.33. The molecule has 2 aromatic carbocycles. The van der Waals surface area contributed by atoms with Gasteiger partial charge in [-0.05, 0) is 56.2 Å². The van der Waals surface area contributed by atoms with Crippen molar-refractivity contribution in [1.29, 1.82) is 0 Å². The number of amides is 1. The molecule has 0 saturated heterocycles. The summed E-state index contributed by atoms with van der Waals surface area (Å²) in [6.45, 7) is 5.81. The van der Waals surface area contributed by atoms with Crippen molar-refractivity contribution < 1.29 is 23.1 Å². The van der Waals surface area contributed by atoms with Gasteiger partial charge < -0.3 is 15.2 Å². The number of rotatable bonds is 9. The van der Waals surface area contributed by atoms with Crippen LogP contribution < -0.4 is 14.8 Å². The first-order valence-corrected chi connectivity index (χ1v) is 13.4. The van der Waals surface area contributed by atoms with Gasteiger partial charge >= 0.3 is 0 Å². The van der Waals surface area contributed by atoms with Crippen LogP contribution in [0.1, 0.15) is 27.0 Å². The summed E-state index contributed by atoms with van der Waals surface area (Å²) >= 11 is 0. The molecule has 2 aromatic heterocycles. The smallest absolute Gasteiger partial charge is 0.281 e. The van der Waals surface area contributed by atoms with Gasteiger partial charge in [-0.2, -0.15) is 8.42 Å². The van der Waals surface area contributed by atoms with E-state index < -0.39 is 15.9 Å². The molecule has 10 heteroatoms. The third-order valence-corrected chi connectivity index (χ3v) is 6.85. The molecule has 196 valence electrons. The second kappa shape index (κ2) is 11.4. The zero-order chi connectivity index (χ0) is 27.3. The molecular formula is C28H28N4O5S.